The van der Waals surface area contributed by atoms with E-state index in [0.717, 1.165) is 4.90 Å². The molecule has 9 nitrogen and oxygen atoms in total. The number of nitrogens with zero attached hydrogens (tertiary/aromatic N) is 2. The molecule has 1 saturated heterocycles. The normalized spacial score (nSPS) is 17.7. The van der Waals surface area contributed by atoms with Crippen LogP contribution in [0.2, 0.25) is 0 Å². The van der Waals surface area contributed by atoms with Crippen LogP contribution in [0.5, 0.6) is 0 Å². The highest BCUT2D eigenvalue weighted by Gasteiger charge is 2.42. The molecule has 4 aromatic rings. The van der Waals surface area contributed by atoms with Crippen molar-refractivity contribution in [2.24, 2.45) is 5.73 Å². The summed E-state index contributed by atoms with van der Waals surface area (Å²) in [4.78, 5) is 26.7. The maximum absolute atomic E-state index is 15.4. The number of benzene rings is 4. The Morgan fingerprint density at radius 1 is 0.896 bits per heavy atom. The van der Waals surface area contributed by atoms with Gasteiger partial charge in [0.1, 0.15) is 17.5 Å². The zero-order valence-corrected chi connectivity index (χ0v) is 26.8. The first-order valence-corrected chi connectivity index (χ1v) is 16.7. The van der Waals surface area contributed by atoms with Crippen LogP contribution in [0.1, 0.15) is 36.0 Å². The topological polar surface area (TPSA) is 133 Å². The number of halogens is 3. The van der Waals surface area contributed by atoms with Crippen LogP contribution in [-0.2, 0) is 21.2 Å². The number of sulfonamides is 1. The fourth-order valence-corrected chi connectivity index (χ4v) is 8.16. The number of rotatable bonds is 10. The molecular formula is C35H35F3N4O5S. The molecule has 4 N–H and O–H groups in total. The van der Waals surface area contributed by atoms with Gasteiger partial charge in [-0.05, 0) is 79.4 Å². The number of amides is 2. The van der Waals surface area contributed by atoms with Crippen molar-refractivity contribution < 1.29 is 36.3 Å². The molecule has 4 aromatic carbocycles. The second-order valence-corrected chi connectivity index (χ2v) is 13.6. The van der Waals surface area contributed by atoms with Gasteiger partial charge >= 0.3 is 6.09 Å². The molecule has 0 aliphatic carbocycles. The third-order valence-electron chi connectivity index (χ3n) is 8.48. The van der Waals surface area contributed by atoms with Gasteiger partial charge in [-0.15, -0.1) is 0 Å². The molecule has 2 unspecified atom stereocenters. The van der Waals surface area contributed by atoms with Gasteiger partial charge in [-0.1, -0.05) is 48.5 Å². The van der Waals surface area contributed by atoms with Crippen LogP contribution in [0, 0.1) is 17.5 Å². The first kappa shape index (κ1) is 34.6. The number of nitrogens with one attached hydrogen (secondary N) is 1. The van der Waals surface area contributed by atoms with Gasteiger partial charge in [0.05, 0.1) is 10.9 Å². The smallest absolute Gasteiger partial charge is 0.407 e. The predicted molar refractivity (Wildman–Crippen MR) is 174 cm³/mol. The summed E-state index contributed by atoms with van der Waals surface area (Å²) < 4.78 is 72.7. The molecule has 0 saturated carbocycles. The summed E-state index contributed by atoms with van der Waals surface area (Å²) in [5, 5.41) is 12.4. The minimum atomic E-state index is -4.05. The van der Waals surface area contributed by atoms with Crippen molar-refractivity contribution in [3.8, 4) is 0 Å². The third-order valence-corrected chi connectivity index (χ3v) is 10.6. The molecule has 3 atom stereocenters. The fraction of sp³-hybridized carbons (Fsp3) is 0.257. The quantitative estimate of drug-likeness (QED) is 0.201. The van der Waals surface area contributed by atoms with Crippen molar-refractivity contribution in [2.45, 2.75) is 48.7 Å². The van der Waals surface area contributed by atoms with Crippen LogP contribution < -0.4 is 11.1 Å². The Balaban J connectivity index is 1.42. The molecule has 0 radical (unpaired) electrons. The van der Waals surface area contributed by atoms with Gasteiger partial charge in [0.25, 0.3) is 0 Å². The number of carbonyl (C=O) groups excluding carboxylic acids is 1. The Morgan fingerprint density at radius 2 is 1.50 bits per heavy atom. The Kier molecular flexibility index (Phi) is 10.5. The Labute approximate surface area is 276 Å². The van der Waals surface area contributed by atoms with E-state index >= 15 is 4.39 Å². The average molecular weight is 681 g/mol. The van der Waals surface area contributed by atoms with E-state index in [-0.39, 0.29) is 42.1 Å². The number of piperazine rings is 1. The molecule has 13 heteroatoms. The standard InChI is InChI=1S/C35H35F3N4O5S/c1-22-20-41(35(44)45)21-27(42(22)48(46,47)28-12-3-2-4-13-28)16-17-29-30(38)14-7-15-31(29)40-34(43)33(39)32(23-8-5-10-25(36)18-23)24-9-6-11-26(37)19-24/h2-15,18-19,22,27,32-33H,16-17,20-21,39H2,1H3,(H,40,43)(H,44,45)/t22?,27?,33-/m0/s1. The summed E-state index contributed by atoms with van der Waals surface area (Å²) in [5.41, 5.74) is 7.24. The zero-order chi connectivity index (χ0) is 34.6. The van der Waals surface area contributed by atoms with Gasteiger partial charge in [0.15, 0.2) is 0 Å². The van der Waals surface area contributed by atoms with Crippen molar-refractivity contribution in [3.63, 3.8) is 0 Å². The Morgan fingerprint density at radius 3 is 2.08 bits per heavy atom. The summed E-state index contributed by atoms with van der Waals surface area (Å²) in [6.45, 7) is 1.43. The van der Waals surface area contributed by atoms with E-state index in [9.17, 15) is 31.9 Å². The van der Waals surface area contributed by atoms with Gasteiger partial charge in [0, 0.05) is 42.3 Å². The van der Waals surface area contributed by atoms with E-state index in [1.54, 1.807) is 37.3 Å². The van der Waals surface area contributed by atoms with Crippen molar-refractivity contribution in [2.75, 3.05) is 18.4 Å². The van der Waals surface area contributed by atoms with E-state index in [0.29, 0.717) is 11.1 Å². The lowest BCUT2D eigenvalue weighted by molar-refractivity contribution is -0.117. The summed E-state index contributed by atoms with van der Waals surface area (Å²) in [7, 11) is -4.05. The number of anilines is 1. The lowest BCUT2D eigenvalue weighted by atomic mass is 9.84. The summed E-state index contributed by atoms with van der Waals surface area (Å²) >= 11 is 0. The van der Waals surface area contributed by atoms with Crippen LogP contribution in [0.4, 0.5) is 23.7 Å². The highest BCUT2D eigenvalue weighted by atomic mass is 32.2. The highest BCUT2D eigenvalue weighted by Crippen LogP contribution is 2.32. The van der Waals surface area contributed by atoms with Gasteiger partial charge in [0.2, 0.25) is 15.9 Å². The minimum Gasteiger partial charge on any atom is -0.465 e. The van der Waals surface area contributed by atoms with E-state index in [2.05, 4.69) is 5.32 Å². The monoisotopic (exact) mass is 680 g/mol. The lowest BCUT2D eigenvalue weighted by Gasteiger charge is -2.43. The summed E-state index contributed by atoms with van der Waals surface area (Å²) in [6.07, 6.45) is -1.26. The lowest BCUT2D eigenvalue weighted by Crippen LogP contribution is -2.60. The van der Waals surface area contributed by atoms with Crippen LogP contribution in [0.3, 0.4) is 0 Å². The van der Waals surface area contributed by atoms with Gasteiger partial charge in [-0.25, -0.2) is 26.4 Å². The van der Waals surface area contributed by atoms with Gasteiger partial charge in [-0.2, -0.15) is 4.31 Å². The maximum atomic E-state index is 15.4. The van der Waals surface area contributed by atoms with E-state index in [4.69, 9.17) is 5.73 Å². The number of nitrogens with two attached hydrogens (primary N) is 1. The zero-order valence-electron chi connectivity index (χ0n) is 26.0. The average Bonchev–Trinajstić information content (AvgIpc) is 3.04. The van der Waals surface area contributed by atoms with Crippen LogP contribution in [-0.4, -0.2) is 65.9 Å². The molecule has 1 heterocycles. The minimum absolute atomic E-state index is 0.0191. The first-order valence-electron chi connectivity index (χ1n) is 15.3. The Bertz CT molecular complexity index is 1850. The molecule has 0 spiro atoms. The molecule has 0 bridgehead atoms. The number of carboxylic acid groups (broad SMARTS) is 1. The third kappa shape index (κ3) is 7.53. The SMILES string of the molecule is CC1CN(C(=O)O)CC(CCc2c(F)cccc2NC(=O)[C@@H](N)C(c2cccc(F)c2)c2cccc(F)c2)N1S(=O)(=O)c1ccccc1. The highest BCUT2D eigenvalue weighted by molar-refractivity contribution is 7.89. The summed E-state index contributed by atoms with van der Waals surface area (Å²) in [6, 6.07) is 19.8. The molecular weight excluding hydrogens is 645 g/mol. The van der Waals surface area contributed by atoms with Crippen LogP contribution in [0.25, 0.3) is 0 Å². The van der Waals surface area contributed by atoms with E-state index < -0.39 is 63.5 Å². The Hall–Kier alpha value is -4.72. The van der Waals surface area contributed by atoms with E-state index in [1.165, 1.54) is 71.0 Å². The number of hydrogen-bond acceptors (Lipinski definition) is 5. The van der Waals surface area contributed by atoms with Crippen molar-refractivity contribution >= 4 is 27.7 Å². The van der Waals surface area contributed by atoms with Gasteiger partial charge < -0.3 is 21.1 Å². The fourth-order valence-electron chi connectivity index (χ4n) is 6.31. The molecule has 1 fully saturated rings. The van der Waals surface area contributed by atoms with Crippen LogP contribution >= 0.6 is 0 Å². The molecule has 1 aliphatic rings. The molecule has 48 heavy (non-hydrogen) atoms. The second-order valence-electron chi connectivity index (χ2n) is 11.7. The maximum Gasteiger partial charge on any atom is 0.407 e. The van der Waals surface area contributed by atoms with Crippen molar-refractivity contribution in [1.29, 1.82) is 0 Å². The van der Waals surface area contributed by atoms with E-state index in [1.807, 2.05) is 0 Å². The predicted octanol–water partition coefficient (Wildman–Crippen LogP) is 5.58. The number of hydrogen-bond donors (Lipinski definition) is 3. The first-order chi connectivity index (χ1) is 22.9. The molecule has 5 rings (SSSR count). The number of carbonyl (C=O) groups is 2. The molecule has 252 valence electrons. The molecule has 0 aromatic heterocycles. The van der Waals surface area contributed by atoms with Crippen LogP contribution in [0.15, 0.2) is 102 Å². The van der Waals surface area contributed by atoms with Crippen molar-refractivity contribution in [3.05, 3.63) is 131 Å². The second kappa shape index (κ2) is 14.6. The summed E-state index contributed by atoms with van der Waals surface area (Å²) in [5.74, 6) is -3.54. The molecule has 2 amide bonds. The van der Waals surface area contributed by atoms with Gasteiger partial charge in [-0.3, -0.25) is 4.79 Å². The largest absolute Gasteiger partial charge is 0.465 e. The molecule has 1 aliphatic heterocycles. The van der Waals surface area contributed by atoms with Crippen molar-refractivity contribution in [1.82, 2.24) is 9.21 Å².